The standard InChI is InChI=1S/C21H27NO5/c1-25-15-5-3-14(4-6-15)18-12-26-21-16(20(18)24)7-8-19-17(21)11-22(13-27-19)9-2-10-23/h3-6,12,16-17,19,21,23H,2,7-11,13H2,1H3. The maximum Gasteiger partial charge on any atom is 0.173 e. The lowest BCUT2D eigenvalue weighted by Crippen LogP contribution is -2.56. The molecule has 6 heteroatoms. The molecule has 6 nitrogen and oxygen atoms in total. The Morgan fingerprint density at radius 2 is 2.07 bits per heavy atom. The quantitative estimate of drug-likeness (QED) is 0.852. The van der Waals surface area contributed by atoms with E-state index >= 15 is 0 Å². The molecule has 2 aliphatic heterocycles. The third-order valence-corrected chi connectivity index (χ3v) is 5.98. The largest absolute Gasteiger partial charge is 0.497 e. The molecule has 3 aliphatic rings. The number of benzene rings is 1. The van der Waals surface area contributed by atoms with Gasteiger partial charge in [0, 0.05) is 25.6 Å². The highest BCUT2D eigenvalue weighted by Gasteiger charge is 2.48. The van der Waals surface area contributed by atoms with Crippen molar-refractivity contribution in [2.24, 2.45) is 11.8 Å². The highest BCUT2D eigenvalue weighted by molar-refractivity contribution is 6.22. The summed E-state index contributed by atoms with van der Waals surface area (Å²) < 4.78 is 17.4. The van der Waals surface area contributed by atoms with Gasteiger partial charge in [-0.1, -0.05) is 12.1 Å². The number of nitrogens with zero attached hydrogens (tertiary/aromatic N) is 1. The molecule has 1 saturated heterocycles. The monoisotopic (exact) mass is 373 g/mol. The van der Waals surface area contributed by atoms with Crippen LogP contribution in [-0.4, -0.2) is 61.5 Å². The number of carbonyl (C=O) groups excluding carboxylic acids is 1. The van der Waals surface area contributed by atoms with Gasteiger partial charge in [-0.15, -0.1) is 0 Å². The molecule has 4 atom stereocenters. The first-order valence-corrected chi connectivity index (χ1v) is 9.70. The molecule has 1 N–H and O–H groups in total. The van der Waals surface area contributed by atoms with Crippen LogP contribution >= 0.6 is 0 Å². The highest BCUT2D eigenvalue weighted by Crippen LogP contribution is 2.42. The van der Waals surface area contributed by atoms with Gasteiger partial charge in [-0.2, -0.15) is 0 Å². The number of carbonyl (C=O) groups is 1. The summed E-state index contributed by atoms with van der Waals surface area (Å²) in [6.45, 7) is 2.43. The first kappa shape index (κ1) is 18.5. The second-order valence-electron chi connectivity index (χ2n) is 7.56. The van der Waals surface area contributed by atoms with Crippen molar-refractivity contribution in [3.63, 3.8) is 0 Å². The van der Waals surface area contributed by atoms with Gasteiger partial charge in [0.15, 0.2) is 5.78 Å². The number of hydrogen-bond acceptors (Lipinski definition) is 6. The van der Waals surface area contributed by atoms with Crippen LogP contribution in [0.2, 0.25) is 0 Å². The van der Waals surface area contributed by atoms with Crippen LogP contribution in [0.4, 0.5) is 0 Å². The summed E-state index contributed by atoms with van der Waals surface area (Å²) >= 11 is 0. The molecule has 2 heterocycles. The SMILES string of the molecule is COc1ccc(C2=COC3C(CCC4OCN(CCCO)CC43)C2=O)cc1. The lowest BCUT2D eigenvalue weighted by molar-refractivity contribution is -0.170. The number of allylic oxidation sites excluding steroid dienone is 1. The number of methoxy groups -OCH3 is 1. The molecule has 0 radical (unpaired) electrons. The summed E-state index contributed by atoms with van der Waals surface area (Å²) in [5.41, 5.74) is 1.51. The number of ether oxygens (including phenoxy) is 3. The Kier molecular flexibility index (Phi) is 5.48. The van der Waals surface area contributed by atoms with Crippen molar-refractivity contribution in [3.05, 3.63) is 36.1 Å². The fraction of sp³-hybridized carbons (Fsp3) is 0.571. The molecule has 4 unspecified atom stereocenters. The van der Waals surface area contributed by atoms with E-state index in [1.165, 1.54) is 0 Å². The summed E-state index contributed by atoms with van der Waals surface area (Å²) in [5.74, 6) is 1.01. The predicted molar refractivity (Wildman–Crippen MR) is 100 cm³/mol. The van der Waals surface area contributed by atoms with Crippen LogP contribution in [0.25, 0.3) is 5.57 Å². The molecule has 1 aliphatic carbocycles. The molecule has 0 amide bonds. The minimum absolute atomic E-state index is 0.116. The molecule has 1 aromatic carbocycles. The van der Waals surface area contributed by atoms with Crippen LogP contribution in [0, 0.1) is 11.8 Å². The zero-order chi connectivity index (χ0) is 18.8. The molecule has 27 heavy (non-hydrogen) atoms. The normalized spacial score (nSPS) is 30.7. The zero-order valence-electron chi connectivity index (χ0n) is 15.7. The molecule has 1 saturated carbocycles. The highest BCUT2D eigenvalue weighted by atomic mass is 16.5. The van der Waals surface area contributed by atoms with Gasteiger partial charge in [0.05, 0.1) is 37.7 Å². The van der Waals surface area contributed by atoms with E-state index in [-0.39, 0.29) is 36.4 Å². The molecule has 146 valence electrons. The maximum absolute atomic E-state index is 13.2. The lowest BCUT2D eigenvalue weighted by atomic mass is 9.71. The van der Waals surface area contributed by atoms with Crippen LogP contribution in [-0.2, 0) is 14.3 Å². The molecule has 1 aromatic rings. The van der Waals surface area contributed by atoms with Crippen molar-refractivity contribution in [1.29, 1.82) is 0 Å². The fourth-order valence-electron chi connectivity index (χ4n) is 4.52. The minimum Gasteiger partial charge on any atom is -0.497 e. The van der Waals surface area contributed by atoms with E-state index in [9.17, 15) is 4.79 Å². The van der Waals surface area contributed by atoms with Gasteiger partial charge in [0.25, 0.3) is 0 Å². The van der Waals surface area contributed by atoms with E-state index in [4.69, 9.17) is 19.3 Å². The topological polar surface area (TPSA) is 68.2 Å². The van der Waals surface area contributed by atoms with Crippen molar-refractivity contribution in [2.45, 2.75) is 31.5 Å². The van der Waals surface area contributed by atoms with Crippen molar-refractivity contribution in [2.75, 3.05) is 33.5 Å². The smallest absolute Gasteiger partial charge is 0.173 e. The van der Waals surface area contributed by atoms with Gasteiger partial charge >= 0.3 is 0 Å². The third kappa shape index (κ3) is 3.61. The zero-order valence-corrected chi connectivity index (χ0v) is 15.7. The Balaban J connectivity index is 1.51. The summed E-state index contributed by atoms with van der Waals surface area (Å²) in [5, 5.41) is 9.07. The molecule has 0 aromatic heterocycles. The number of hydrogen-bond donors (Lipinski definition) is 1. The molecule has 4 rings (SSSR count). The fourth-order valence-corrected chi connectivity index (χ4v) is 4.52. The van der Waals surface area contributed by atoms with E-state index in [0.29, 0.717) is 12.3 Å². The summed E-state index contributed by atoms with van der Waals surface area (Å²) in [6.07, 6.45) is 4.09. The van der Waals surface area contributed by atoms with Crippen molar-refractivity contribution in [1.82, 2.24) is 4.90 Å². The maximum atomic E-state index is 13.2. The molecule has 2 fully saturated rings. The van der Waals surface area contributed by atoms with Crippen LogP contribution < -0.4 is 4.74 Å². The van der Waals surface area contributed by atoms with Crippen molar-refractivity contribution < 1.29 is 24.1 Å². The van der Waals surface area contributed by atoms with E-state index in [2.05, 4.69) is 4.90 Å². The van der Waals surface area contributed by atoms with E-state index in [0.717, 1.165) is 43.7 Å². The molecule has 0 bridgehead atoms. The second kappa shape index (κ2) is 8.00. The van der Waals surface area contributed by atoms with Gasteiger partial charge in [-0.3, -0.25) is 9.69 Å². The Morgan fingerprint density at radius 1 is 1.26 bits per heavy atom. The van der Waals surface area contributed by atoms with Gasteiger partial charge < -0.3 is 19.3 Å². The summed E-state index contributed by atoms with van der Waals surface area (Å²) in [4.78, 5) is 15.4. The number of rotatable bonds is 5. The average molecular weight is 373 g/mol. The van der Waals surface area contributed by atoms with E-state index < -0.39 is 0 Å². The average Bonchev–Trinajstić information content (AvgIpc) is 2.72. The second-order valence-corrected chi connectivity index (χ2v) is 7.56. The lowest BCUT2D eigenvalue weighted by Gasteiger charge is -2.48. The van der Waals surface area contributed by atoms with Gasteiger partial charge in [-0.25, -0.2) is 0 Å². The van der Waals surface area contributed by atoms with Gasteiger partial charge in [0.1, 0.15) is 11.9 Å². The Bertz CT molecular complexity index is 701. The van der Waals surface area contributed by atoms with Crippen molar-refractivity contribution in [3.8, 4) is 5.75 Å². The van der Waals surface area contributed by atoms with E-state index in [1.54, 1.807) is 13.4 Å². The first-order valence-electron chi connectivity index (χ1n) is 9.70. The van der Waals surface area contributed by atoms with Crippen LogP contribution in [0.5, 0.6) is 5.75 Å². The van der Waals surface area contributed by atoms with Crippen molar-refractivity contribution >= 4 is 11.4 Å². The molecule has 0 spiro atoms. The number of aliphatic hydroxyl groups is 1. The van der Waals surface area contributed by atoms with Gasteiger partial charge in [-0.05, 0) is 37.0 Å². The number of Topliss-reactive ketones (excluding diaryl/α,β-unsaturated/α-hetero) is 1. The van der Waals surface area contributed by atoms with Crippen LogP contribution in [0.1, 0.15) is 24.8 Å². The predicted octanol–water partition coefficient (Wildman–Crippen LogP) is 2.07. The van der Waals surface area contributed by atoms with Gasteiger partial charge in [0.2, 0.25) is 0 Å². The summed E-state index contributed by atoms with van der Waals surface area (Å²) in [6, 6.07) is 7.53. The Morgan fingerprint density at radius 3 is 2.81 bits per heavy atom. The minimum atomic E-state index is -0.129. The first-order chi connectivity index (χ1) is 13.2. The summed E-state index contributed by atoms with van der Waals surface area (Å²) in [7, 11) is 1.63. The number of ketones is 1. The van der Waals surface area contributed by atoms with Crippen LogP contribution in [0.15, 0.2) is 30.5 Å². The number of fused-ring (bicyclic) bond motifs is 3. The Hall–Kier alpha value is -1.89. The third-order valence-electron chi connectivity index (χ3n) is 5.98. The molecular formula is C21H27NO5. The number of aliphatic hydroxyl groups excluding tert-OH is 1. The Labute approximate surface area is 159 Å². The van der Waals surface area contributed by atoms with Crippen LogP contribution in [0.3, 0.4) is 0 Å². The van der Waals surface area contributed by atoms with E-state index in [1.807, 2.05) is 24.3 Å². The molecular weight excluding hydrogens is 346 g/mol.